The molecule has 2 aliphatic heterocycles. The molecule has 3 fully saturated rings. The van der Waals surface area contributed by atoms with Gasteiger partial charge in [0.05, 0.1) is 30.4 Å². The van der Waals surface area contributed by atoms with Gasteiger partial charge in [0.15, 0.2) is 0 Å². The minimum absolute atomic E-state index is 0.110. The van der Waals surface area contributed by atoms with E-state index in [9.17, 15) is 10.1 Å². The van der Waals surface area contributed by atoms with Gasteiger partial charge in [-0.25, -0.2) is 9.97 Å². The number of anilines is 1. The molecule has 2 atom stereocenters. The summed E-state index contributed by atoms with van der Waals surface area (Å²) in [5.74, 6) is 4.24. The summed E-state index contributed by atoms with van der Waals surface area (Å²) in [7, 11) is 0. The molecule has 0 spiro atoms. The molecule has 0 radical (unpaired) electrons. The lowest BCUT2D eigenvalue weighted by atomic mass is 9.90. The second-order valence-electron chi connectivity index (χ2n) is 10.4. The monoisotopic (exact) mass is 473 g/mol. The number of likely N-dealkylation sites (tertiary alicyclic amines) is 1. The predicted molar refractivity (Wildman–Crippen MR) is 134 cm³/mol. The zero-order chi connectivity index (χ0) is 24.2. The van der Waals surface area contributed by atoms with Gasteiger partial charge in [0.25, 0.3) is 0 Å². The van der Waals surface area contributed by atoms with Crippen molar-refractivity contribution in [3.05, 3.63) is 53.1 Å². The Morgan fingerprint density at radius 2 is 1.94 bits per heavy atom. The number of nitriles is 1. The van der Waals surface area contributed by atoms with Gasteiger partial charge in [-0.1, -0.05) is 12.2 Å². The second-order valence-corrected chi connectivity index (χ2v) is 10.4. The maximum atomic E-state index is 12.4. The van der Waals surface area contributed by atoms with Crippen molar-refractivity contribution in [2.45, 2.75) is 51.9 Å². The Bertz CT molecular complexity index is 1060. The van der Waals surface area contributed by atoms with E-state index in [2.05, 4.69) is 20.9 Å². The summed E-state index contributed by atoms with van der Waals surface area (Å²) >= 11 is 0. The van der Waals surface area contributed by atoms with Gasteiger partial charge in [-0.3, -0.25) is 4.79 Å². The maximum Gasteiger partial charge on any atom is 0.227 e. The van der Waals surface area contributed by atoms with Gasteiger partial charge in [0.1, 0.15) is 0 Å². The van der Waals surface area contributed by atoms with Gasteiger partial charge >= 0.3 is 0 Å². The van der Waals surface area contributed by atoms with E-state index in [4.69, 9.17) is 4.74 Å². The number of amides is 1. The van der Waals surface area contributed by atoms with Crippen LogP contribution in [-0.2, 0) is 9.53 Å². The summed E-state index contributed by atoms with van der Waals surface area (Å²) in [6.45, 7) is 6.50. The van der Waals surface area contributed by atoms with Crippen molar-refractivity contribution < 1.29 is 9.53 Å². The highest BCUT2D eigenvalue weighted by atomic mass is 16.5. The number of nitrogens with zero attached hydrogens (tertiary/aromatic N) is 5. The van der Waals surface area contributed by atoms with Crippen LogP contribution in [0.15, 0.2) is 47.5 Å². The fourth-order valence-corrected chi connectivity index (χ4v) is 5.50. The minimum Gasteiger partial charge on any atom is -0.498 e. The Balaban J connectivity index is 1.05. The average Bonchev–Trinajstić information content (AvgIpc) is 3.63. The third-order valence-electron chi connectivity index (χ3n) is 7.94. The average molecular weight is 474 g/mol. The van der Waals surface area contributed by atoms with Crippen molar-refractivity contribution in [2.75, 3.05) is 37.7 Å². The third kappa shape index (κ3) is 5.75. The summed E-state index contributed by atoms with van der Waals surface area (Å²) in [5, 5.41) is 9.54. The molecule has 5 rings (SSSR count). The van der Waals surface area contributed by atoms with Crippen LogP contribution >= 0.6 is 0 Å². The molecule has 184 valence electrons. The topological polar surface area (TPSA) is 82.4 Å². The molecule has 1 amide bonds. The maximum absolute atomic E-state index is 12.4. The Hall–Kier alpha value is -3.14. The SMILES string of the molecule is Cc1cnc(N2CCC(C3CC3CCOC3=CC=C(CC(=O)N4CCC4)C(C#N)=CC3)CC2)nc1. The second kappa shape index (κ2) is 10.6. The summed E-state index contributed by atoms with van der Waals surface area (Å²) in [5.41, 5.74) is 2.49. The number of carbonyl (C=O) groups is 1. The lowest BCUT2D eigenvalue weighted by Gasteiger charge is -2.32. The van der Waals surface area contributed by atoms with Crippen LogP contribution in [0.3, 0.4) is 0 Å². The number of carbonyl (C=O) groups excluding carboxylic acids is 1. The first kappa shape index (κ1) is 23.6. The zero-order valence-electron chi connectivity index (χ0n) is 20.7. The lowest BCUT2D eigenvalue weighted by molar-refractivity contribution is -0.133. The molecule has 2 aliphatic carbocycles. The highest BCUT2D eigenvalue weighted by molar-refractivity contribution is 5.81. The Morgan fingerprint density at radius 1 is 1.17 bits per heavy atom. The highest BCUT2D eigenvalue weighted by Crippen LogP contribution is 2.50. The third-order valence-corrected chi connectivity index (χ3v) is 7.94. The number of piperidine rings is 1. The lowest BCUT2D eigenvalue weighted by Crippen LogP contribution is -2.42. The molecule has 0 aromatic carbocycles. The van der Waals surface area contributed by atoms with Gasteiger partial charge in [0.2, 0.25) is 11.9 Å². The van der Waals surface area contributed by atoms with Crippen molar-refractivity contribution in [3.8, 4) is 6.07 Å². The first-order valence-electron chi connectivity index (χ1n) is 13.0. The molecule has 2 saturated heterocycles. The fraction of sp³-hybridized carbons (Fsp3) is 0.571. The van der Waals surface area contributed by atoms with Crippen molar-refractivity contribution in [2.24, 2.45) is 17.8 Å². The number of aryl methyl sites for hydroxylation is 1. The zero-order valence-corrected chi connectivity index (χ0v) is 20.7. The molecule has 1 saturated carbocycles. The van der Waals surface area contributed by atoms with E-state index in [1.807, 2.05) is 42.4 Å². The molecule has 3 heterocycles. The van der Waals surface area contributed by atoms with Gasteiger partial charge < -0.3 is 14.5 Å². The molecule has 4 aliphatic rings. The van der Waals surface area contributed by atoms with E-state index in [0.717, 1.165) is 79.6 Å². The van der Waals surface area contributed by atoms with Crippen LogP contribution in [0, 0.1) is 36.0 Å². The summed E-state index contributed by atoms with van der Waals surface area (Å²) in [4.78, 5) is 25.5. The summed E-state index contributed by atoms with van der Waals surface area (Å²) in [6, 6.07) is 2.26. The largest absolute Gasteiger partial charge is 0.498 e. The molecular weight excluding hydrogens is 438 g/mol. The Morgan fingerprint density at radius 3 is 2.63 bits per heavy atom. The van der Waals surface area contributed by atoms with Gasteiger partial charge in [0, 0.05) is 45.0 Å². The van der Waals surface area contributed by atoms with Crippen LogP contribution in [0.2, 0.25) is 0 Å². The van der Waals surface area contributed by atoms with E-state index >= 15 is 0 Å². The van der Waals surface area contributed by atoms with Gasteiger partial charge in [-0.2, -0.15) is 5.26 Å². The van der Waals surface area contributed by atoms with Crippen molar-refractivity contribution in [1.82, 2.24) is 14.9 Å². The first-order chi connectivity index (χ1) is 17.1. The van der Waals surface area contributed by atoms with E-state index in [1.165, 1.54) is 19.3 Å². The van der Waals surface area contributed by atoms with E-state index < -0.39 is 0 Å². The summed E-state index contributed by atoms with van der Waals surface area (Å²) in [6.07, 6.45) is 16.4. The Kier molecular flexibility index (Phi) is 7.17. The molecule has 2 unspecified atom stereocenters. The molecule has 7 heteroatoms. The number of ether oxygens (including phenoxy) is 1. The van der Waals surface area contributed by atoms with E-state index in [0.29, 0.717) is 25.0 Å². The smallest absolute Gasteiger partial charge is 0.227 e. The number of hydrogen-bond acceptors (Lipinski definition) is 6. The number of rotatable bonds is 8. The normalized spacial score (nSPS) is 24.4. The van der Waals surface area contributed by atoms with Crippen LogP contribution in [-0.4, -0.2) is 53.6 Å². The van der Waals surface area contributed by atoms with Crippen molar-refractivity contribution in [1.29, 1.82) is 5.26 Å². The van der Waals surface area contributed by atoms with Crippen LogP contribution in [0.5, 0.6) is 0 Å². The molecule has 1 aromatic heterocycles. The van der Waals surface area contributed by atoms with Crippen LogP contribution < -0.4 is 4.90 Å². The predicted octanol–water partition coefficient (Wildman–Crippen LogP) is 4.33. The molecule has 0 N–H and O–H groups in total. The van der Waals surface area contributed by atoms with Gasteiger partial charge in [-0.15, -0.1) is 0 Å². The van der Waals surface area contributed by atoms with Crippen molar-refractivity contribution in [3.63, 3.8) is 0 Å². The fourth-order valence-electron chi connectivity index (χ4n) is 5.50. The molecule has 1 aromatic rings. The first-order valence-corrected chi connectivity index (χ1v) is 13.0. The minimum atomic E-state index is 0.110. The number of allylic oxidation sites excluding steroid dienone is 4. The van der Waals surface area contributed by atoms with E-state index in [-0.39, 0.29) is 5.91 Å². The number of hydrogen-bond donors (Lipinski definition) is 0. The molecule has 0 bridgehead atoms. The molecular formula is C28H35N5O2. The Labute approximate surface area is 208 Å². The van der Waals surface area contributed by atoms with Crippen molar-refractivity contribution >= 4 is 11.9 Å². The van der Waals surface area contributed by atoms with Crippen LogP contribution in [0.1, 0.15) is 50.5 Å². The van der Waals surface area contributed by atoms with Crippen LogP contribution in [0.4, 0.5) is 5.95 Å². The molecule has 35 heavy (non-hydrogen) atoms. The standard InChI is InChI=1S/C28H35N5O2/c1-20-18-30-28(31-19-20)33-12-7-21(8-13-33)26-15-23(26)9-14-35-25-5-3-22(24(17-29)4-6-25)16-27(34)32-10-2-11-32/h3-5,18-19,21,23,26H,2,6-16H2,1H3. The highest BCUT2D eigenvalue weighted by Gasteiger charge is 2.43. The van der Waals surface area contributed by atoms with Crippen LogP contribution in [0.25, 0.3) is 0 Å². The van der Waals surface area contributed by atoms with Gasteiger partial charge in [-0.05, 0) is 74.0 Å². The summed E-state index contributed by atoms with van der Waals surface area (Å²) < 4.78 is 6.10. The molecule has 7 nitrogen and oxygen atoms in total. The number of aromatic nitrogens is 2. The van der Waals surface area contributed by atoms with E-state index in [1.54, 1.807) is 0 Å². The quantitative estimate of drug-likeness (QED) is 0.559.